The molecule has 0 bridgehead atoms. The van der Waals surface area contributed by atoms with Crippen LogP contribution in [0.3, 0.4) is 0 Å². The van der Waals surface area contributed by atoms with E-state index >= 15 is 0 Å². The molecule has 1 N–H and O–H groups in total. The third-order valence-corrected chi connectivity index (χ3v) is 2.62. The minimum atomic E-state index is -0.358. The smallest absolute Gasteiger partial charge is 0.294 e. The maximum atomic E-state index is 11.8. The van der Waals surface area contributed by atoms with Crippen LogP contribution in [0.4, 0.5) is 5.69 Å². The first-order chi connectivity index (χ1) is 8.08. The first-order valence-corrected chi connectivity index (χ1v) is 5.30. The molecule has 0 spiro atoms. The van der Waals surface area contributed by atoms with Crippen molar-refractivity contribution in [1.82, 2.24) is 10.1 Å². The minimum Gasteiger partial charge on any atom is -0.351 e. The number of aromatic nitrogens is 2. The van der Waals surface area contributed by atoms with Crippen molar-refractivity contribution in [2.45, 2.75) is 13.8 Å². The second-order valence-electron chi connectivity index (χ2n) is 3.62. The van der Waals surface area contributed by atoms with Gasteiger partial charge in [-0.3, -0.25) is 4.79 Å². The number of nitrogens with one attached hydrogen (secondary N) is 1. The van der Waals surface area contributed by atoms with Gasteiger partial charge in [-0.25, -0.2) is 4.98 Å². The first-order valence-electron chi connectivity index (χ1n) is 4.92. The zero-order chi connectivity index (χ0) is 12.4. The first kappa shape index (κ1) is 11.6. The summed E-state index contributed by atoms with van der Waals surface area (Å²) in [5.74, 6) is -0.166. The van der Waals surface area contributed by atoms with E-state index in [1.54, 1.807) is 13.0 Å². The van der Waals surface area contributed by atoms with E-state index in [0.717, 1.165) is 5.56 Å². The summed E-state index contributed by atoms with van der Waals surface area (Å²) in [5.41, 5.74) is 2.03. The number of nitrogens with zero attached hydrogens (tertiary/aromatic N) is 2. The van der Waals surface area contributed by atoms with Crippen LogP contribution in [0.2, 0.25) is 5.15 Å². The Morgan fingerprint density at radius 3 is 2.71 bits per heavy atom. The van der Waals surface area contributed by atoms with Crippen LogP contribution in [0.25, 0.3) is 0 Å². The zero-order valence-corrected chi connectivity index (χ0v) is 10.1. The lowest BCUT2D eigenvalue weighted by atomic mass is 10.2. The molecule has 0 atom stereocenters. The quantitative estimate of drug-likeness (QED) is 0.833. The normalized spacial score (nSPS) is 10.3. The average molecular weight is 252 g/mol. The number of carbonyl (C=O) groups is 1. The van der Waals surface area contributed by atoms with E-state index < -0.39 is 0 Å². The van der Waals surface area contributed by atoms with Crippen molar-refractivity contribution >= 4 is 23.2 Å². The largest absolute Gasteiger partial charge is 0.351 e. The Hall–Kier alpha value is -1.88. The van der Waals surface area contributed by atoms with Crippen LogP contribution < -0.4 is 5.32 Å². The van der Waals surface area contributed by atoms with Gasteiger partial charge in [0, 0.05) is 5.56 Å². The monoisotopic (exact) mass is 251 g/mol. The van der Waals surface area contributed by atoms with Gasteiger partial charge in [-0.1, -0.05) is 16.8 Å². The third kappa shape index (κ3) is 2.45. The summed E-state index contributed by atoms with van der Waals surface area (Å²) in [6.45, 7) is 3.56. The molecule has 88 valence electrons. The van der Waals surface area contributed by atoms with Crippen LogP contribution in [0.5, 0.6) is 0 Å². The molecule has 2 heterocycles. The fourth-order valence-corrected chi connectivity index (χ4v) is 1.43. The molecule has 2 aromatic rings. The van der Waals surface area contributed by atoms with Crippen molar-refractivity contribution in [3.63, 3.8) is 0 Å². The number of hydrogen-bond acceptors (Lipinski definition) is 4. The van der Waals surface area contributed by atoms with E-state index in [2.05, 4.69) is 15.5 Å². The molecule has 2 rings (SSSR count). The number of carbonyl (C=O) groups excluding carboxylic acids is 1. The minimum absolute atomic E-state index is 0.192. The van der Waals surface area contributed by atoms with Crippen molar-refractivity contribution in [2.24, 2.45) is 0 Å². The van der Waals surface area contributed by atoms with Crippen LogP contribution in [-0.4, -0.2) is 16.0 Å². The van der Waals surface area contributed by atoms with Gasteiger partial charge in [0.1, 0.15) is 5.15 Å². The molecule has 0 unspecified atom stereocenters. The molecule has 0 aliphatic carbocycles. The van der Waals surface area contributed by atoms with Crippen LogP contribution in [-0.2, 0) is 0 Å². The Labute approximate surface area is 103 Å². The van der Waals surface area contributed by atoms with Crippen molar-refractivity contribution in [1.29, 1.82) is 0 Å². The maximum Gasteiger partial charge on any atom is 0.294 e. The van der Waals surface area contributed by atoms with Crippen LogP contribution in [0.1, 0.15) is 21.7 Å². The topological polar surface area (TPSA) is 68.0 Å². The molecule has 0 aliphatic rings. The highest BCUT2D eigenvalue weighted by atomic mass is 35.5. The summed E-state index contributed by atoms with van der Waals surface area (Å²) in [6.07, 6.45) is 2.97. The van der Waals surface area contributed by atoms with Gasteiger partial charge < -0.3 is 9.84 Å². The summed E-state index contributed by atoms with van der Waals surface area (Å²) in [5, 5.41) is 6.62. The molecule has 0 aliphatic heterocycles. The molecule has 2 aromatic heterocycles. The van der Waals surface area contributed by atoms with E-state index in [1.807, 2.05) is 6.92 Å². The van der Waals surface area contributed by atoms with Crippen LogP contribution >= 0.6 is 11.6 Å². The molecule has 17 heavy (non-hydrogen) atoms. The Morgan fingerprint density at radius 2 is 2.12 bits per heavy atom. The lowest BCUT2D eigenvalue weighted by molar-refractivity contribution is 0.0987. The Morgan fingerprint density at radius 1 is 1.35 bits per heavy atom. The van der Waals surface area contributed by atoms with Crippen molar-refractivity contribution < 1.29 is 9.32 Å². The predicted octanol–water partition coefficient (Wildman–Crippen LogP) is 2.59. The molecular weight excluding hydrogens is 242 g/mol. The molecule has 0 fully saturated rings. The second kappa shape index (κ2) is 4.55. The van der Waals surface area contributed by atoms with Gasteiger partial charge in [0.25, 0.3) is 5.91 Å². The lowest BCUT2D eigenvalue weighted by Crippen LogP contribution is -2.12. The van der Waals surface area contributed by atoms with Crippen LogP contribution in [0, 0.1) is 13.8 Å². The van der Waals surface area contributed by atoms with Crippen molar-refractivity contribution in [2.75, 3.05) is 5.32 Å². The van der Waals surface area contributed by atoms with Crippen LogP contribution in [0.15, 0.2) is 23.0 Å². The fraction of sp³-hybridized carbons (Fsp3) is 0.182. The Balaban J connectivity index is 2.19. The Bertz CT molecular complexity index is 566. The second-order valence-corrected chi connectivity index (χ2v) is 3.98. The molecule has 1 amide bonds. The molecule has 6 heteroatoms. The van der Waals surface area contributed by atoms with Gasteiger partial charge in [0.05, 0.1) is 18.1 Å². The molecule has 0 saturated carbocycles. The van der Waals surface area contributed by atoms with Gasteiger partial charge in [-0.15, -0.1) is 0 Å². The van der Waals surface area contributed by atoms with Gasteiger partial charge >= 0.3 is 0 Å². The number of amides is 1. The summed E-state index contributed by atoms with van der Waals surface area (Å²) in [6, 6.07) is 1.74. The summed E-state index contributed by atoms with van der Waals surface area (Å²) in [7, 11) is 0. The lowest BCUT2D eigenvalue weighted by Gasteiger charge is -2.04. The van der Waals surface area contributed by atoms with Crippen molar-refractivity contribution in [3.05, 3.63) is 40.5 Å². The fourth-order valence-electron chi connectivity index (χ4n) is 1.32. The van der Waals surface area contributed by atoms with Gasteiger partial charge in [0.2, 0.25) is 5.76 Å². The van der Waals surface area contributed by atoms with Gasteiger partial charge in [-0.2, -0.15) is 0 Å². The average Bonchev–Trinajstić information content (AvgIpc) is 2.70. The van der Waals surface area contributed by atoms with E-state index in [0.29, 0.717) is 16.4 Å². The van der Waals surface area contributed by atoms with Gasteiger partial charge in [0.15, 0.2) is 0 Å². The number of anilines is 1. The van der Waals surface area contributed by atoms with E-state index in [4.69, 9.17) is 16.1 Å². The third-order valence-electron chi connectivity index (χ3n) is 2.23. The van der Waals surface area contributed by atoms with E-state index in [9.17, 15) is 4.79 Å². The summed E-state index contributed by atoms with van der Waals surface area (Å²) < 4.78 is 4.84. The van der Waals surface area contributed by atoms with Crippen molar-refractivity contribution in [3.8, 4) is 0 Å². The number of halogens is 1. The SMILES string of the molecule is Cc1cc(NC(=O)c2oncc2C)cnc1Cl. The summed E-state index contributed by atoms with van der Waals surface area (Å²) in [4.78, 5) is 15.7. The number of pyridine rings is 1. The maximum absolute atomic E-state index is 11.8. The number of rotatable bonds is 2. The standard InChI is InChI=1S/C11H10ClN3O2/c1-6-3-8(5-13-10(6)12)15-11(16)9-7(2)4-14-17-9/h3-5H,1-2H3,(H,15,16). The van der Waals surface area contributed by atoms with Gasteiger partial charge in [-0.05, 0) is 25.5 Å². The molecule has 5 nitrogen and oxygen atoms in total. The predicted molar refractivity (Wildman–Crippen MR) is 63.2 cm³/mol. The highest BCUT2D eigenvalue weighted by Gasteiger charge is 2.14. The molecule has 0 radical (unpaired) electrons. The van der Waals surface area contributed by atoms with E-state index in [-0.39, 0.29) is 11.7 Å². The summed E-state index contributed by atoms with van der Waals surface area (Å²) >= 11 is 5.79. The Kier molecular flexibility index (Phi) is 3.10. The number of aryl methyl sites for hydroxylation is 2. The highest BCUT2D eigenvalue weighted by molar-refractivity contribution is 6.30. The molecule has 0 saturated heterocycles. The number of hydrogen-bond donors (Lipinski definition) is 1. The molecular formula is C11H10ClN3O2. The van der Waals surface area contributed by atoms with E-state index in [1.165, 1.54) is 12.4 Å². The highest BCUT2D eigenvalue weighted by Crippen LogP contribution is 2.17. The zero-order valence-electron chi connectivity index (χ0n) is 9.32. The molecule has 0 aromatic carbocycles.